The van der Waals surface area contributed by atoms with Crippen LogP contribution in [0.5, 0.6) is 0 Å². The van der Waals surface area contributed by atoms with Crippen LogP contribution < -0.4 is 5.32 Å². The van der Waals surface area contributed by atoms with Crippen LogP contribution in [0.2, 0.25) is 0 Å². The number of nitrogens with zero attached hydrogens (tertiary/aromatic N) is 4. The van der Waals surface area contributed by atoms with Crippen LogP contribution in [0.4, 0.5) is 0 Å². The van der Waals surface area contributed by atoms with E-state index in [9.17, 15) is 9.59 Å². The van der Waals surface area contributed by atoms with Crippen molar-refractivity contribution >= 4 is 11.9 Å². The summed E-state index contributed by atoms with van der Waals surface area (Å²) in [5.41, 5.74) is 1.92. The van der Waals surface area contributed by atoms with E-state index in [1.54, 1.807) is 6.20 Å². The first kappa shape index (κ1) is 15.7. The number of nitrogens with one attached hydrogen (secondary N) is 1. The maximum Gasteiger partial charge on any atom is 0.354 e. The van der Waals surface area contributed by atoms with Crippen LogP contribution in [0.15, 0.2) is 18.5 Å². The molecule has 0 saturated heterocycles. The Kier molecular flexibility index (Phi) is 4.59. The lowest BCUT2D eigenvalue weighted by atomic mass is 10.1. The van der Waals surface area contributed by atoms with Gasteiger partial charge in [-0.2, -0.15) is 10.2 Å². The molecule has 0 radical (unpaired) electrons. The number of carboxylic acids is 1. The molecule has 1 atom stereocenters. The fraction of sp³-hybridized carbons (Fsp3) is 0.429. The molecule has 2 aromatic rings. The first-order valence-electron chi connectivity index (χ1n) is 7.00. The van der Waals surface area contributed by atoms with E-state index in [2.05, 4.69) is 15.5 Å². The van der Waals surface area contributed by atoms with Crippen molar-refractivity contribution in [3.05, 3.63) is 35.4 Å². The number of amides is 1. The second-order valence-electron chi connectivity index (χ2n) is 4.97. The van der Waals surface area contributed by atoms with Gasteiger partial charge in [0.1, 0.15) is 12.2 Å². The van der Waals surface area contributed by atoms with E-state index in [0.717, 1.165) is 22.5 Å². The number of carbonyl (C=O) groups is 2. The molecule has 2 aromatic heterocycles. The van der Waals surface area contributed by atoms with Crippen molar-refractivity contribution in [1.29, 1.82) is 0 Å². The summed E-state index contributed by atoms with van der Waals surface area (Å²) in [4.78, 5) is 23.0. The van der Waals surface area contributed by atoms with E-state index in [1.165, 1.54) is 12.3 Å². The average Bonchev–Trinajstić information content (AvgIpc) is 3.04. The van der Waals surface area contributed by atoms with Crippen LogP contribution in [0, 0.1) is 6.92 Å². The second kappa shape index (κ2) is 6.42. The summed E-state index contributed by atoms with van der Waals surface area (Å²) in [6.45, 7) is 6.44. The molecule has 1 unspecified atom stereocenters. The van der Waals surface area contributed by atoms with Crippen LogP contribution in [-0.4, -0.2) is 36.5 Å². The third-order valence-electron chi connectivity index (χ3n) is 3.51. The topological polar surface area (TPSA) is 102 Å². The van der Waals surface area contributed by atoms with E-state index >= 15 is 0 Å². The molecule has 2 heterocycles. The van der Waals surface area contributed by atoms with Crippen LogP contribution in [0.1, 0.15) is 41.6 Å². The second-order valence-corrected chi connectivity index (χ2v) is 4.97. The Morgan fingerprint density at radius 1 is 1.36 bits per heavy atom. The average molecular weight is 305 g/mol. The monoisotopic (exact) mass is 305 g/mol. The van der Waals surface area contributed by atoms with E-state index in [1.807, 2.05) is 25.5 Å². The fourth-order valence-electron chi connectivity index (χ4n) is 2.35. The Labute approximate surface area is 127 Å². The minimum Gasteiger partial charge on any atom is -0.477 e. The Morgan fingerprint density at radius 2 is 2.09 bits per heavy atom. The molecule has 22 heavy (non-hydrogen) atoms. The van der Waals surface area contributed by atoms with Gasteiger partial charge in [0.2, 0.25) is 5.91 Å². The fourth-order valence-corrected chi connectivity index (χ4v) is 2.35. The first-order valence-corrected chi connectivity index (χ1v) is 7.00. The lowest BCUT2D eigenvalue weighted by Gasteiger charge is -2.14. The molecule has 0 aromatic carbocycles. The van der Waals surface area contributed by atoms with Gasteiger partial charge in [-0.05, 0) is 26.8 Å². The minimum absolute atomic E-state index is 0.0159. The molecule has 8 nitrogen and oxygen atoms in total. The SMILES string of the molecule is CCn1ncc(C(C)NC(=O)Cn2nccc2C(=O)O)c1C. The van der Waals surface area contributed by atoms with Crippen molar-refractivity contribution in [3.8, 4) is 0 Å². The largest absolute Gasteiger partial charge is 0.477 e. The van der Waals surface area contributed by atoms with Crippen molar-refractivity contribution in [1.82, 2.24) is 24.9 Å². The molecular formula is C14H19N5O3. The van der Waals surface area contributed by atoms with Crippen LogP contribution >= 0.6 is 0 Å². The molecule has 2 rings (SSSR count). The molecule has 0 bridgehead atoms. The molecular weight excluding hydrogens is 286 g/mol. The van der Waals surface area contributed by atoms with Gasteiger partial charge in [-0.25, -0.2) is 9.48 Å². The number of aromatic carboxylic acids is 1. The van der Waals surface area contributed by atoms with E-state index in [4.69, 9.17) is 5.11 Å². The molecule has 1 amide bonds. The van der Waals surface area contributed by atoms with Gasteiger partial charge < -0.3 is 10.4 Å². The van der Waals surface area contributed by atoms with Crippen molar-refractivity contribution in [2.24, 2.45) is 0 Å². The highest BCUT2D eigenvalue weighted by Crippen LogP contribution is 2.16. The molecule has 0 aliphatic carbocycles. The number of hydrogen-bond donors (Lipinski definition) is 2. The number of aromatic nitrogens is 4. The summed E-state index contributed by atoms with van der Waals surface area (Å²) in [7, 11) is 0. The quantitative estimate of drug-likeness (QED) is 0.828. The maximum absolute atomic E-state index is 12.1. The zero-order valence-corrected chi connectivity index (χ0v) is 12.8. The zero-order chi connectivity index (χ0) is 16.3. The van der Waals surface area contributed by atoms with Gasteiger partial charge in [-0.1, -0.05) is 0 Å². The Bertz CT molecular complexity index is 688. The number of rotatable bonds is 6. The first-order chi connectivity index (χ1) is 10.4. The summed E-state index contributed by atoms with van der Waals surface area (Å²) < 4.78 is 3.01. The summed E-state index contributed by atoms with van der Waals surface area (Å²) in [5.74, 6) is -1.42. The summed E-state index contributed by atoms with van der Waals surface area (Å²) >= 11 is 0. The highest BCUT2D eigenvalue weighted by Gasteiger charge is 2.17. The third kappa shape index (κ3) is 3.16. The third-order valence-corrected chi connectivity index (χ3v) is 3.51. The summed E-state index contributed by atoms with van der Waals surface area (Å²) in [5, 5.41) is 19.9. The van der Waals surface area contributed by atoms with Gasteiger partial charge in [0.25, 0.3) is 0 Å². The lowest BCUT2D eigenvalue weighted by Crippen LogP contribution is -2.31. The lowest BCUT2D eigenvalue weighted by molar-refractivity contribution is -0.122. The van der Waals surface area contributed by atoms with Crippen molar-refractivity contribution in [2.45, 2.75) is 39.9 Å². The molecule has 8 heteroatoms. The molecule has 0 spiro atoms. The Morgan fingerprint density at radius 3 is 2.68 bits per heavy atom. The normalized spacial score (nSPS) is 12.1. The Balaban J connectivity index is 2.03. The van der Waals surface area contributed by atoms with Crippen molar-refractivity contribution in [2.75, 3.05) is 0 Å². The van der Waals surface area contributed by atoms with E-state index < -0.39 is 5.97 Å². The van der Waals surface area contributed by atoms with Crippen LogP contribution in [0.25, 0.3) is 0 Å². The molecule has 0 aliphatic heterocycles. The van der Waals surface area contributed by atoms with Gasteiger partial charge in [0, 0.05) is 24.0 Å². The minimum atomic E-state index is -1.11. The van der Waals surface area contributed by atoms with E-state index in [0.29, 0.717) is 0 Å². The van der Waals surface area contributed by atoms with Gasteiger partial charge in [0.15, 0.2) is 0 Å². The number of aryl methyl sites for hydroxylation is 1. The number of carbonyl (C=O) groups excluding carboxylic acids is 1. The van der Waals surface area contributed by atoms with Gasteiger partial charge >= 0.3 is 5.97 Å². The molecule has 2 N–H and O–H groups in total. The summed E-state index contributed by atoms with van der Waals surface area (Å²) in [6, 6.07) is 1.14. The standard InChI is InChI=1S/C14H19N5O3/c1-4-18-10(3)11(7-16-18)9(2)17-13(20)8-19-12(14(21)22)5-6-15-19/h5-7,9H,4,8H2,1-3H3,(H,17,20)(H,21,22). The highest BCUT2D eigenvalue weighted by molar-refractivity contribution is 5.86. The van der Waals surface area contributed by atoms with Crippen LogP contribution in [0.3, 0.4) is 0 Å². The van der Waals surface area contributed by atoms with Gasteiger partial charge in [0.05, 0.1) is 12.2 Å². The van der Waals surface area contributed by atoms with E-state index in [-0.39, 0.29) is 24.2 Å². The van der Waals surface area contributed by atoms with Crippen molar-refractivity contribution in [3.63, 3.8) is 0 Å². The predicted octanol–water partition coefficient (Wildman–Crippen LogP) is 0.984. The molecule has 0 saturated carbocycles. The maximum atomic E-state index is 12.1. The zero-order valence-electron chi connectivity index (χ0n) is 12.8. The molecule has 0 aliphatic rings. The predicted molar refractivity (Wildman–Crippen MR) is 78.4 cm³/mol. The van der Waals surface area contributed by atoms with Crippen molar-refractivity contribution < 1.29 is 14.7 Å². The number of carboxylic acid groups (broad SMARTS) is 1. The summed E-state index contributed by atoms with van der Waals surface area (Å²) in [6.07, 6.45) is 3.09. The van der Waals surface area contributed by atoms with Gasteiger partial charge in [-0.3, -0.25) is 9.48 Å². The molecule has 118 valence electrons. The van der Waals surface area contributed by atoms with Crippen LogP contribution in [-0.2, 0) is 17.9 Å². The van der Waals surface area contributed by atoms with Gasteiger partial charge in [-0.15, -0.1) is 0 Å². The smallest absolute Gasteiger partial charge is 0.354 e. The number of hydrogen-bond acceptors (Lipinski definition) is 4. The molecule has 0 fully saturated rings. The Hall–Kier alpha value is -2.64. The highest BCUT2D eigenvalue weighted by atomic mass is 16.4.